The minimum absolute atomic E-state index is 0.00438. The van der Waals surface area contributed by atoms with Gasteiger partial charge in [0.25, 0.3) is 11.8 Å². The molecule has 0 bridgehead atoms. The zero-order chi connectivity index (χ0) is 28.6. The molecule has 2 heterocycles. The molecule has 1 aliphatic rings. The van der Waals surface area contributed by atoms with Gasteiger partial charge in [-0.05, 0) is 110 Å². The van der Waals surface area contributed by atoms with Crippen molar-refractivity contribution < 1.29 is 18.7 Å². The predicted octanol–water partition coefficient (Wildman–Crippen LogP) is 6.61. The van der Waals surface area contributed by atoms with Crippen molar-refractivity contribution in [3.8, 4) is 11.4 Å². The van der Waals surface area contributed by atoms with Gasteiger partial charge in [0.05, 0.1) is 5.69 Å². The molecular weight excluding hydrogens is 549 g/mol. The van der Waals surface area contributed by atoms with E-state index in [0.29, 0.717) is 28.6 Å². The van der Waals surface area contributed by atoms with Gasteiger partial charge in [-0.2, -0.15) is 0 Å². The highest BCUT2D eigenvalue weighted by Gasteiger charge is 2.35. The van der Waals surface area contributed by atoms with Crippen LogP contribution in [0.4, 0.5) is 10.1 Å². The van der Waals surface area contributed by atoms with Gasteiger partial charge in [-0.3, -0.25) is 19.8 Å². The Morgan fingerprint density at radius 3 is 2.40 bits per heavy atom. The number of carbonyl (C=O) groups is 2. The third kappa shape index (κ3) is 5.28. The molecule has 3 aromatic carbocycles. The zero-order valence-electron chi connectivity index (χ0n) is 22.0. The summed E-state index contributed by atoms with van der Waals surface area (Å²) >= 11 is 11.6. The monoisotopic (exact) mass is 573 g/mol. The second-order valence-electron chi connectivity index (χ2n) is 9.41. The molecule has 0 saturated carbocycles. The summed E-state index contributed by atoms with van der Waals surface area (Å²) in [5.74, 6) is -0.689. The molecule has 0 spiro atoms. The smallest absolute Gasteiger partial charge is 0.270 e. The van der Waals surface area contributed by atoms with Crippen LogP contribution in [0, 0.1) is 26.6 Å². The first-order chi connectivity index (χ1) is 19.1. The molecule has 40 heavy (non-hydrogen) atoms. The van der Waals surface area contributed by atoms with Gasteiger partial charge in [0, 0.05) is 22.1 Å². The van der Waals surface area contributed by atoms with E-state index in [-0.39, 0.29) is 16.5 Å². The lowest BCUT2D eigenvalue weighted by Gasteiger charge is -2.30. The number of hydrogen-bond donors (Lipinski definition) is 1. The fourth-order valence-corrected chi connectivity index (χ4v) is 5.08. The summed E-state index contributed by atoms with van der Waals surface area (Å²) in [6.07, 6.45) is 1.59. The van der Waals surface area contributed by atoms with Gasteiger partial charge in [0.1, 0.15) is 23.7 Å². The summed E-state index contributed by atoms with van der Waals surface area (Å²) < 4.78 is 21.0. The Morgan fingerprint density at radius 1 is 1.00 bits per heavy atom. The largest absolute Gasteiger partial charge is 0.489 e. The number of benzene rings is 3. The third-order valence-electron chi connectivity index (χ3n) is 6.77. The zero-order valence-corrected chi connectivity index (χ0v) is 23.6. The van der Waals surface area contributed by atoms with Crippen molar-refractivity contribution in [1.29, 1.82) is 0 Å². The first-order valence-electron chi connectivity index (χ1n) is 12.5. The number of amides is 2. The number of aryl methyl sites for hydroxylation is 1. The number of nitrogens with one attached hydrogen (secondary N) is 1. The van der Waals surface area contributed by atoms with E-state index in [4.69, 9.17) is 28.6 Å². The summed E-state index contributed by atoms with van der Waals surface area (Å²) in [4.78, 5) is 27.7. The van der Waals surface area contributed by atoms with Crippen LogP contribution in [0.2, 0.25) is 5.02 Å². The lowest BCUT2D eigenvalue weighted by atomic mass is 10.1. The Morgan fingerprint density at radius 2 is 1.70 bits per heavy atom. The van der Waals surface area contributed by atoms with Gasteiger partial charge in [-0.1, -0.05) is 29.8 Å². The van der Waals surface area contributed by atoms with E-state index in [1.807, 2.05) is 48.7 Å². The van der Waals surface area contributed by atoms with Gasteiger partial charge >= 0.3 is 0 Å². The lowest BCUT2D eigenvalue weighted by Crippen LogP contribution is -2.54. The number of nitrogens with zero attached hydrogens (tertiary/aromatic N) is 2. The summed E-state index contributed by atoms with van der Waals surface area (Å²) in [6.45, 7) is 5.99. The van der Waals surface area contributed by atoms with Crippen molar-refractivity contribution in [2.24, 2.45) is 0 Å². The van der Waals surface area contributed by atoms with Gasteiger partial charge in [-0.15, -0.1) is 0 Å². The second kappa shape index (κ2) is 11.1. The number of rotatable bonds is 6. The fraction of sp³-hybridized carbons (Fsp3) is 0.129. The highest BCUT2D eigenvalue weighted by Crippen LogP contribution is 2.31. The fourth-order valence-electron chi connectivity index (χ4n) is 4.64. The molecular formula is C31H25ClFN3O3S. The summed E-state index contributed by atoms with van der Waals surface area (Å²) in [6, 6.07) is 20.9. The topological polar surface area (TPSA) is 63.6 Å². The molecule has 9 heteroatoms. The lowest BCUT2D eigenvalue weighted by molar-refractivity contribution is -0.122. The van der Waals surface area contributed by atoms with Gasteiger partial charge in [-0.25, -0.2) is 4.39 Å². The Kier molecular flexibility index (Phi) is 7.56. The molecule has 0 aliphatic carbocycles. The standard InChI is InChI=1S/C31H25ClFN3O3S/c1-18-15-22(16-26-29(37)34-31(40)36(30(26)38)28-6-4-5-27(32)19(28)2)20(3)35(18)24-11-13-25(14-12-24)39-17-21-7-9-23(33)10-8-21/h4-16H,17H2,1-3H3,(H,34,37,40)/b26-16+. The van der Waals surface area contributed by atoms with Gasteiger partial charge in [0.2, 0.25) is 0 Å². The first kappa shape index (κ1) is 27.3. The molecule has 0 radical (unpaired) electrons. The van der Waals surface area contributed by atoms with Gasteiger partial charge in [0.15, 0.2) is 5.11 Å². The molecule has 1 aliphatic heterocycles. The molecule has 202 valence electrons. The average Bonchev–Trinajstić information content (AvgIpc) is 3.21. The van der Waals surface area contributed by atoms with Crippen LogP contribution < -0.4 is 15.0 Å². The van der Waals surface area contributed by atoms with Gasteiger partial charge < -0.3 is 9.30 Å². The van der Waals surface area contributed by atoms with E-state index in [2.05, 4.69) is 5.32 Å². The molecule has 4 aromatic rings. The van der Waals surface area contributed by atoms with Crippen LogP contribution in [-0.2, 0) is 16.2 Å². The molecule has 6 nitrogen and oxygen atoms in total. The van der Waals surface area contributed by atoms with Crippen molar-refractivity contribution in [3.63, 3.8) is 0 Å². The van der Waals surface area contributed by atoms with Crippen LogP contribution >= 0.6 is 23.8 Å². The van der Waals surface area contributed by atoms with E-state index in [9.17, 15) is 14.0 Å². The number of thiocarbonyl (C=S) groups is 1. The number of hydrogen-bond acceptors (Lipinski definition) is 4. The molecule has 1 N–H and O–H groups in total. The van der Waals surface area contributed by atoms with E-state index < -0.39 is 11.8 Å². The summed E-state index contributed by atoms with van der Waals surface area (Å²) in [5.41, 5.74) is 5.42. The summed E-state index contributed by atoms with van der Waals surface area (Å²) in [7, 11) is 0. The maximum atomic E-state index is 13.5. The quantitative estimate of drug-likeness (QED) is 0.160. The average molecular weight is 574 g/mol. The van der Waals surface area contributed by atoms with Crippen LogP contribution in [0.3, 0.4) is 0 Å². The number of ether oxygens (including phenoxy) is 1. The van der Waals surface area contributed by atoms with Crippen LogP contribution in [0.15, 0.2) is 78.4 Å². The molecule has 0 atom stereocenters. The highest BCUT2D eigenvalue weighted by molar-refractivity contribution is 7.80. The van der Waals surface area contributed by atoms with Crippen molar-refractivity contribution in [2.75, 3.05) is 4.90 Å². The van der Waals surface area contributed by atoms with E-state index >= 15 is 0 Å². The highest BCUT2D eigenvalue weighted by atomic mass is 35.5. The van der Waals surface area contributed by atoms with Crippen LogP contribution in [-0.4, -0.2) is 21.5 Å². The first-order valence-corrected chi connectivity index (χ1v) is 13.3. The SMILES string of the molecule is Cc1c(Cl)cccc1N1C(=O)/C(=C/c2cc(C)n(-c3ccc(OCc4ccc(F)cc4)cc3)c2C)C(=O)NC1=S. The maximum Gasteiger partial charge on any atom is 0.270 e. The molecule has 0 unspecified atom stereocenters. The van der Waals surface area contributed by atoms with Crippen molar-refractivity contribution >= 4 is 52.5 Å². The minimum Gasteiger partial charge on any atom is -0.489 e. The Balaban J connectivity index is 1.41. The van der Waals surface area contributed by atoms with Crippen molar-refractivity contribution in [1.82, 2.24) is 9.88 Å². The minimum atomic E-state index is -0.557. The Hall–Kier alpha value is -4.27. The van der Waals surface area contributed by atoms with E-state index in [0.717, 1.165) is 28.2 Å². The maximum absolute atomic E-state index is 13.5. The third-order valence-corrected chi connectivity index (χ3v) is 7.46. The van der Waals surface area contributed by atoms with E-state index in [1.54, 1.807) is 43.3 Å². The Labute approximate surface area is 241 Å². The molecule has 1 saturated heterocycles. The number of halogens is 2. The molecule has 5 rings (SSSR count). The Bertz CT molecular complexity index is 1680. The number of anilines is 1. The number of carbonyl (C=O) groups excluding carboxylic acids is 2. The normalized spacial score (nSPS) is 14.6. The predicted molar refractivity (Wildman–Crippen MR) is 158 cm³/mol. The van der Waals surface area contributed by atoms with E-state index in [1.165, 1.54) is 17.0 Å². The molecule has 1 aromatic heterocycles. The van der Waals surface area contributed by atoms with Crippen LogP contribution in [0.5, 0.6) is 5.75 Å². The van der Waals surface area contributed by atoms with Crippen LogP contribution in [0.1, 0.15) is 28.1 Å². The van der Waals surface area contributed by atoms with Crippen molar-refractivity contribution in [2.45, 2.75) is 27.4 Å². The molecule has 1 fully saturated rings. The second-order valence-corrected chi connectivity index (χ2v) is 10.2. The van der Waals surface area contributed by atoms with Crippen molar-refractivity contribution in [3.05, 3.63) is 117 Å². The summed E-state index contributed by atoms with van der Waals surface area (Å²) in [5, 5.41) is 3.12. The molecule has 2 amide bonds. The van der Waals surface area contributed by atoms with Crippen LogP contribution in [0.25, 0.3) is 11.8 Å². The number of aromatic nitrogens is 1.